The Morgan fingerprint density at radius 3 is 2.52 bits per heavy atom. The van der Waals surface area contributed by atoms with Crippen molar-refractivity contribution >= 4 is 33.4 Å². The first-order valence-corrected chi connectivity index (χ1v) is 7.85. The van der Waals surface area contributed by atoms with Gasteiger partial charge in [0.15, 0.2) is 0 Å². The van der Waals surface area contributed by atoms with Crippen LogP contribution in [0.25, 0.3) is 0 Å². The highest BCUT2D eigenvalue weighted by atomic mass is 79.9. The number of carbonyl (C=O) groups is 2. The minimum atomic E-state index is -0.483. The minimum absolute atomic E-state index is 0.0651. The Balaban J connectivity index is 1.81. The molecule has 2 rings (SSSR count). The topological polar surface area (TPSA) is 58.2 Å². The van der Waals surface area contributed by atoms with E-state index in [0.29, 0.717) is 5.56 Å². The summed E-state index contributed by atoms with van der Waals surface area (Å²) in [4.78, 5) is 23.7. The number of nitrogens with one attached hydrogen (secondary N) is 2. The summed E-state index contributed by atoms with van der Waals surface area (Å²) in [6.45, 7) is 1.99. The van der Waals surface area contributed by atoms with Gasteiger partial charge in [0.1, 0.15) is 5.82 Å². The van der Waals surface area contributed by atoms with Crippen LogP contribution in [-0.4, -0.2) is 18.4 Å². The first-order valence-electron chi connectivity index (χ1n) is 7.05. The second kappa shape index (κ2) is 7.87. The zero-order chi connectivity index (χ0) is 16.8. The van der Waals surface area contributed by atoms with Crippen molar-refractivity contribution in [3.8, 4) is 0 Å². The number of rotatable bonds is 5. The summed E-state index contributed by atoms with van der Waals surface area (Å²) < 4.78 is 14.4. The quantitative estimate of drug-likeness (QED) is 0.833. The molecule has 23 heavy (non-hydrogen) atoms. The van der Waals surface area contributed by atoms with Crippen molar-refractivity contribution in [1.29, 1.82) is 0 Å². The monoisotopic (exact) mass is 378 g/mol. The van der Waals surface area contributed by atoms with E-state index in [9.17, 15) is 14.0 Å². The maximum Gasteiger partial charge on any atom is 0.251 e. The number of amides is 2. The first-order chi connectivity index (χ1) is 11.0. The van der Waals surface area contributed by atoms with Gasteiger partial charge in [0.05, 0.1) is 5.69 Å². The average Bonchev–Trinajstić information content (AvgIpc) is 2.51. The zero-order valence-corrected chi connectivity index (χ0v) is 14.1. The number of aryl methyl sites for hydroxylation is 1. The van der Waals surface area contributed by atoms with Crippen molar-refractivity contribution in [2.45, 2.75) is 13.3 Å². The Morgan fingerprint density at radius 2 is 1.83 bits per heavy atom. The minimum Gasteiger partial charge on any atom is -0.352 e. The third kappa shape index (κ3) is 5.17. The molecular formula is C17H16BrFN2O2. The van der Waals surface area contributed by atoms with Gasteiger partial charge in [-0.25, -0.2) is 4.39 Å². The van der Waals surface area contributed by atoms with Gasteiger partial charge in [-0.05, 0) is 48.9 Å². The molecule has 0 aliphatic heterocycles. The molecule has 2 aromatic rings. The van der Waals surface area contributed by atoms with Crippen molar-refractivity contribution in [3.63, 3.8) is 0 Å². The third-order valence-electron chi connectivity index (χ3n) is 3.14. The van der Waals surface area contributed by atoms with E-state index in [2.05, 4.69) is 26.6 Å². The van der Waals surface area contributed by atoms with E-state index >= 15 is 0 Å². The number of halogens is 2. The smallest absolute Gasteiger partial charge is 0.251 e. The maximum atomic E-state index is 13.5. The summed E-state index contributed by atoms with van der Waals surface area (Å²) in [6, 6.07) is 11.4. The standard InChI is InChI=1S/C17H16BrFN2O2/c1-11-2-7-14(19)15(10-11)21-16(22)8-9-20-17(23)12-3-5-13(18)6-4-12/h2-7,10H,8-9H2,1H3,(H,20,23)(H,21,22). The number of anilines is 1. The van der Waals surface area contributed by atoms with Gasteiger partial charge in [-0.15, -0.1) is 0 Å². The van der Waals surface area contributed by atoms with Crippen molar-refractivity contribution < 1.29 is 14.0 Å². The van der Waals surface area contributed by atoms with Crippen LogP contribution in [0, 0.1) is 12.7 Å². The second-order valence-electron chi connectivity index (χ2n) is 5.04. The lowest BCUT2D eigenvalue weighted by atomic mass is 10.2. The highest BCUT2D eigenvalue weighted by Crippen LogP contribution is 2.15. The van der Waals surface area contributed by atoms with Crippen LogP contribution in [0.5, 0.6) is 0 Å². The molecule has 0 bridgehead atoms. The fourth-order valence-electron chi connectivity index (χ4n) is 1.94. The predicted molar refractivity (Wildman–Crippen MR) is 90.9 cm³/mol. The van der Waals surface area contributed by atoms with E-state index in [0.717, 1.165) is 10.0 Å². The van der Waals surface area contributed by atoms with Crippen LogP contribution in [0.4, 0.5) is 10.1 Å². The van der Waals surface area contributed by atoms with Crippen LogP contribution in [0.3, 0.4) is 0 Å². The Hall–Kier alpha value is -2.21. The number of hydrogen-bond acceptors (Lipinski definition) is 2. The molecule has 0 radical (unpaired) electrons. The first kappa shape index (κ1) is 17.1. The number of benzene rings is 2. The van der Waals surface area contributed by atoms with Crippen LogP contribution in [-0.2, 0) is 4.79 Å². The number of hydrogen-bond donors (Lipinski definition) is 2. The van der Waals surface area contributed by atoms with E-state index in [1.807, 2.05) is 6.92 Å². The number of carbonyl (C=O) groups excluding carboxylic acids is 2. The summed E-state index contributed by atoms with van der Waals surface area (Å²) in [6.07, 6.45) is 0.0651. The lowest BCUT2D eigenvalue weighted by molar-refractivity contribution is -0.116. The van der Waals surface area contributed by atoms with E-state index < -0.39 is 5.82 Å². The summed E-state index contributed by atoms with van der Waals surface area (Å²) in [5, 5.41) is 5.15. The van der Waals surface area contributed by atoms with Gasteiger partial charge in [0, 0.05) is 23.0 Å². The largest absolute Gasteiger partial charge is 0.352 e. The highest BCUT2D eigenvalue weighted by molar-refractivity contribution is 9.10. The zero-order valence-electron chi connectivity index (χ0n) is 12.5. The Kier molecular flexibility index (Phi) is 5.87. The Morgan fingerprint density at radius 1 is 1.13 bits per heavy atom. The molecule has 0 heterocycles. The van der Waals surface area contributed by atoms with Crippen LogP contribution in [0.1, 0.15) is 22.3 Å². The molecule has 120 valence electrons. The average molecular weight is 379 g/mol. The van der Waals surface area contributed by atoms with Crippen LogP contribution < -0.4 is 10.6 Å². The van der Waals surface area contributed by atoms with E-state index in [1.165, 1.54) is 6.07 Å². The fraction of sp³-hybridized carbons (Fsp3) is 0.176. The molecule has 2 aromatic carbocycles. The third-order valence-corrected chi connectivity index (χ3v) is 3.67. The summed E-state index contributed by atoms with van der Waals surface area (Å²) >= 11 is 3.29. The maximum absolute atomic E-state index is 13.5. The van der Waals surface area contributed by atoms with Gasteiger partial charge < -0.3 is 10.6 Å². The van der Waals surface area contributed by atoms with Crippen LogP contribution in [0.2, 0.25) is 0 Å². The molecule has 0 aliphatic carbocycles. The summed E-state index contributed by atoms with van der Waals surface area (Å²) in [5.41, 5.74) is 1.51. The van der Waals surface area contributed by atoms with Crippen molar-refractivity contribution in [2.75, 3.05) is 11.9 Å². The predicted octanol–water partition coefficient (Wildman–Crippen LogP) is 3.66. The van der Waals surface area contributed by atoms with Crippen molar-refractivity contribution in [2.24, 2.45) is 0 Å². The van der Waals surface area contributed by atoms with Gasteiger partial charge in [-0.1, -0.05) is 22.0 Å². The molecule has 0 aliphatic rings. The molecule has 6 heteroatoms. The van der Waals surface area contributed by atoms with Gasteiger partial charge in [0.25, 0.3) is 5.91 Å². The molecule has 2 amide bonds. The van der Waals surface area contributed by atoms with Gasteiger partial charge in [-0.2, -0.15) is 0 Å². The molecule has 0 aromatic heterocycles. The lowest BCUT2D eigenvalue weighted by Gasteiger charge is -2.08. The molecule has 4 nitrogen and oxygen atoms in total. The molecule has 0 saturated heterocycles. The fourth-order valence-corrected chi connectivity index (χ4v) is 2.20. The molecule has 0 atom stereocenters. The van der Waals surface area contributed by atoms with Crippen LogP contribution >= 0.6 is 15.9 Å². The van der Waals surface area contributed by atoms with E-state index in [4.69, 9.17) is 0 Å². The molecule has 0 saturated carbocycles. The lowest BCUT2D eigenvalue weighted by Crippen LogP contribution is -2.27. The molecule has 0 fully saturated rings. The van der Waals surface area contributed by atoms with E-state index in [-0.39, 0.29) is 30.5 Å². The SMILES string of the molecule is Cc1ccc(F)c(NC(=O)CCNC(=O)c2ccc(Br)cc2)c1. The van der Waals surface area contributed by atoms with Gasteiger partial charge in [-0.3, -0.25) is 9.59 Å². The van der Waals surface area contributed by atoms with E-state index in [1.54, 1.807) is 36.4 Å². The summed E-state index contributed by atoms with van der Waals surface area (Å²) in [5.74, 6) is -1.10. The molecule has 2 N–H and O–H groups in total. The Bertz CT molecular complexity index is 717. The van der Waals surface area contributed by atoms with Crippen molar-refractivity contribution in [1.82, 2.24) is 5.32 Å². The Labute approximate surface area is 142 Å². The van der Waals surface area contributed by atoms with Gasteiger partial charge >= 0.3 is 0 Å². The van der Waals surface area contributed by atoms with Crippen LogP contribution in [0.15, 0.2) is 46.9 Å². The summed E-state index contributed by atoms with van der Waals surface area (Å²) in [7, 11) is 0. The molecule has 0 spiro atoms. The van der Waals surface area contributed by atoms with Crippen molar-refractivity contribution in [3.05, 3.63) is 63.9 Å². The van der Waals surface area contributed by atoms with Gasteiger partial charge in [0.2, 0.25) is 5.91 Å². The highest BCUT2D eigenvalue weighted by Gasteiger charge is 2.09. The molecule has 0 unspecified atom stereocenters. The molecular weight excluding hydrogens is 363 g/mol. The normalized spacial score (nSPS) is 10.2. The second-order valence-corrected chi connectivity index (χ2v) is 5.96.